The van der Waals surface area contributed by atoms with Crippen molar-refractivity contribution >= 4 is 23.3 Å². The van der Waals surface area contributed by atoms with Crippen molar-refractivity contribution in [2.24, 2.45) is 0 Å². The summed E-state index contributed by atoms with van der Waals surface area (Å²) in [6.45, 7) is 6.40. The molecule has 0 saturated heterocycles. The van der Waals surface area contributed by atoms with E-state index in [0.717, 1.165) is 22.4 Å². The predicted octanol–water partition coefficient (Wildman–Crippen LogP) is 6.29. The molecule has 1 N–H and O–H groups in total. The number of rotatable bonds is 4. The fourth-order valence-corrected chi connectivity index (χ4v) is 3.52. The van der Waals surface area contributed by atoms with Crippen molar-refractivity contribution in [1.82, 2.24) is 9.88 Å². The van der Waals surface area contributed by atoms with Crippen molar-refractivity contribution in [2.75, 3.05) is 12.4 Å². The SMILES string of the molecule is CN(C(=O)Nc1ccccc1C(C)(C)C)[C@H](c1ccc(Cl)cc1)c1cccnc1. The number of aromatic nitrogens is 1. The molecule has 2 amide bonds. The average molecular weight is 408 g/mol. The molecule has 0 bridgehead atoms. The molecule has 29 heavy (non-hydrogen) atoms. The highest BCUT2D eigenvalue weighted by molar-refractivity contribution is 6.30. The Balaban J connectivity index is 1.94. The summed E-state index contributed by atoms with van der Waals surface area (Å²) in [6, 6.07) is 18.8. The summed E-state index contributed by atoms with van der Waals surface area (Å²) >= 11 is 6.07. The average Bonchev–Trinajstić information content (AvgIpc) is 2.70. The Morgan fingerprint density at radius 2 is 1.69 bits per heavy atom. The zero-order valence-corrected chi connectivity index (χ0v) is 17.9. The summed E-state index contributed by atoms with van der Waals surface area (Å²) in [6.07, 6.45) is 3.51. The molecule has 0 radical (unpaired) electrons. The normalized spacial score (nSPS) is 12.3. The first-order chi connectivity index (χ1) is 13.8. The van der Waals surface area contributed by atoms with E-state index in [0.29, 0.717) is 5.02 Å². The van der Waals surface area contributed by atoms with Crippen LogP contribution in [0.4, 0.5) is 10.5 Å². The molecule has 0 saturated carbocycles. The summed E-state index contributed by atoms with van der Waals surface area (Å²) in [7, 11) is 1.79. The molecule has 0 aliphatic carbocycles. The molecule has 1 atom stereocenters. The Bertz CT molecular complexity index is 965. The van der Waals surface area contributed by atoms with E-state index in [1.165, 1.54) is 0 Å². The lowest BCUT2D eigenvalue weighted by atomic mass is 9.86. The number of nitrogens with one attached hydrogen (secondary N) is 1. The van der Waals surface area contributed by atoms with E-state index in [2.05, 4.69) is 31.1 Å². The molecule has 1 heterocycles. The number of carbonyl (C=O) groups is 1. The molecule has 0 aliphatic rings. The lowest BCUT2D eigenvalue weighted by molar-refractivity contribution is 0.212. The van der Waals surface area contributed by atoms with Crippen LogP contribution in [-0.2, 0) is 5.41 Å². The second kappa shape index (κ2) is 8.66. The molecule has 4 nitrogen and oxygen atoms in total. The minimum atomic E-state index is -0.289. The van der Waals surface area contributed by atoms with Crippen LogP contribution in [-0.4, -0.2) is 23.0 Å². The minimum Gasteiger partial charge on any atom is -0.316 e. The van der Waals surface area contributed by atoms with E-state index in [4.69, 9.17) is 11.6 Å². The molecule has 0 spiro atoms. The summed E-state index contributed by atoms with van der Waals surface area (Å²) in [5, 5.41) is 3.75. The minimum absolute atomic E-state index is 0.0820. The van der Waals surface area contributed by atoms with Gasteiger partial charge in [0, 0.05) is 30.2 Å². The third-order valence-corrected chi connectivity index (χ3v) is 5.12. The van der Waals surface area contributed by atoms with E-state index in [1.807, 2.05) is 60.7 Å². The van der Waals surface area contributed by atoms with Gasteiger partial charge in [0.25, 0.3) is 0 Å². The van der Waals surface area contributed by atoms with Gasteiger partial charge < -0.3 is 10.2 Å². The van der Waals surface area contributed by atoms with Gasteiger partial charge in [-0.25, -0.2) is 4.79 Å². The molecule has 0 unspecified atom stereocenters. The third kappa shape index (κ3) is 4.96. The first-order valence-corrected chi connectivity index (χ1v) is 9.94. The van der Waals surface area contributed by atoms with Crippen molar-refractivity contribution in [3.8, 4) is 0 Å². The van der Waals surface area contributed by atoms with Gasteiger partial charge in [0.2, 0.25) is 0 Å². The maximum Gasteiger partial charge on any atom is 0.322 e. The van der Waals surface area contributed by atoms with Crippen LogP contribution in [0, 0.1) is 0 Å². The molecule has 3 rings (SSSR count). The maximum atomic E-state index is 13.2. The summed E-state index contributed by atoms with van der Waals surface area (Å²) < 4.78 is 0. The van der Waals surface area contributed by atoms with E-state index in [9.17, 15) is 4.79 Å². The Labute approximate surface area is 177 Å². The molecule has 2 aromatic carbocycles. The van der Waals surface area contributed by atoms with Crippen LogP contribution in [0.25, 0.3) is 0 Å². The predicted molar refractivity (Wildman–Crippen MR) is 119 cm³/mol. The number of amides is 2. The molecule has 3 aromatic rings. The number of benzene rings is 2. The van der Waals surface area contributed by atoms with Gasteiger partial charge in [-0.05, 0) is 46.4 Å². The molecule has 0 fully saturated rings. The largest absolute Gasteiger partial charge is 0.322 e. The van der Waals surface area contributed by atoms with Gasteiger partial charge in [0.1, 0.15) is 0 Å². The molecule has 0 aliphatic heterocycles. The van der Waals surface area contributed by atoms with Crippen LogP contribution >= 0.6 is 11.6 Å². The summed E-state index contributed by atoms with van der Waals surface area (Å²) in [5.74, 6) is 0. The van der Waals surface area contributed by atoms with Gasteiger partial charge in [-0.1, -0.05) is 68.8 Å². The van der Waals surface area contributed by atoms with E-state index < -0.39 is 0 Å². The number of anilines is 1. The van der Waals surface area contributed by atoms with Crippen LogP contribution in [0.5, 0.6) is 0 Å². The topological polar surface area (TPSA) is 45.2 Å². The van der Waals surface area contributed by atoms with Gasteiger partial charge >= 0.3 is 6.03 Å². The Morgan fingerprint density at radius 1 is 1.00 bits per heavy atom. The number of urea groups is 1. The monoisotopic (exact) mass is 407 g/mol. The Morgan fingerprint density at radius 3 is 2.31 bits per heavy atom. The second-order valence-electron chi connectivity index (χ2n) is 8.08. The Kier molecular flexibility index (Phi) is 6.23. The highest BCUT2D eigenvalue weighted by atomic mass is 35.5. The first kappa shape index (κ1) is 20.9. The van der Waals surface area contributed by atoms with Crippen molar-refractivity contribution in [3.63, 3.8) is 0 Å². The summed E-state index contributed by atoms with van der Waals surface area (Å²) in [5.41, 5.74) is 3.71. The second-order valence-corrected chi connectivity index (χ2v) is 8.51. The number of carbonyl (C=O) groups excluding carboxylic acids is 1. The van der Waals surface area contributed by atoms with Crippen LogP contribution in [0.2, 0.25) is 5.02 Å². The van der Waals surface area contributed by atoms with Crippen LogP contribution in [0.15, 0.2) is 73.1 Å². The van der Waals surface area contributed by atoms with Gasteiger partial charge in [0.15, 0.2) is 0 Å². The van der Waals surface area contributed by atoms with Crippen LogP contribution in [0.1, 0.15) is 43.5 Å². The van der Waals surface area contributed by atoms with E-state index in [-0.39, 0.29) is 17.5 Å². The van der Waals surface area contributed by atoms with E-state index in [1.54, 1.807) is 24.3 Å². The standard InChI is InChI=1S/C24H26ClN3O/c1-24(2,3)20-9-5-6-10-21(20)27-23(29)28(4)22(18-8-7-15-26-16-18)17-11-13-19(25)14-12-17/h5-16,22H,1-4H3,(H,27,29)/t22-/m1/s1. The van der Waals surface area contributed by atoms with Gasteiger partial charge in [-0.3, -0.25) is 4.98 Å². The first-order valence-electron chi connectivity index (χ1n) is 9.56. The fraction of sp³-hybridized carbons (Fsp3) is 0.250. The third-order valence-electron chi connectivity index (χ3n) is 4.87. The molecular formula is C24H26ClN3O. The van der Waals surface area contributed by atoms with Crippen molar-refractivity contribution < 1.29 is 4.79 Å². The number of pyridine rings is 1. The molecule has 5 heteroatoms. The number of hydrogen-bond acceptors (Lipinski definition) is 2. The summed E-state index contributed by atoms with van der Waals surface area (Å²) in [4.78, 5) is 19.1. The van der Waals surface area contributed by atoms with Crippen molar-refractivity contribution in [2.45, 2.75) is 32.2 Å². The number of nitrogens with zero attached hydrogens (tertiary/aromatic N) is 2. The fourth-order valence-electron chi connectivity index (χ4n) is 3.39. The van der Waals surface area contributed by atoms with Crippen molar-refractivity contribution in [3.05, 3.63) is 94.8 Å². The van der Waals surface area contributed by atoms with Crippen LogP contribution < -0.4 is 5.32 Å². The lowest BCUT2D eigenvalue weighted by Gasteiger charge is -2.30. The van der Waals surface area contributed by atoms with Gasteiger partial charge in [-0.15, -0.1) is 0 Å². The van der Waals surface area contributed by atoms with Gasteiger partial charge in [0.05, 0.1) is 6.04 Å². The lowest BCUT2D eigenvalue weighted by Crippen LogP contribution is -2.36. The van der Waals surface area contributed by atoms with Crippen LogP contribution in [0.3, 0.4) is 0 Å². The highest BCUT2D eigenvalue weighted by Crippen LogP contribution is 2.31. The zero-order valence-electron chi connectivity index (χ0n) is 17.2. The Hall–Kier alpha value is -2.85. The van der Waals surface area contributed by atoms with Crippen molar-refractivity contribution in [1.29, 1.82) is 0 Å². The quantitative estimate of drug-likeness (QED) is 0.552. The maximum absolute atomic E-state index is 13.2. The zero-order chi connectivity index (χ0) is 21.0. The van der Waals surface area contributed by atoms with Gasteiger partial charge in [-0.2, -0.15) is 0 Å². The number of para-hydroxylation sites is 1. The van der Waals surface area contributed by atoms with E-state index >= 15 is 0 Å². The molecule has 150 valence electrons. The molecule has 1 aromatic heterocycles. The highest BCUT2D eigenvalue weighted by Gasteiger charge is 2.25. The number of hydrogen-bond donors (Lipinski definition) is 1. The number of halogens is 1. The molecular weight excluding hydrogens is 382 g/mol. The smallest absolute Gasteiger partial charge is 0.316 e.